The van der Waals surface area contributed by atoms with Crippen molar-refractivity contribution in [2.75, 3.05) is 30.8 Å². The predicted octanol–water partition coefficient (Wildman–Crippen LogP) is 4.38. The first-order chi connectivity index (χ1) is 14.7. The maximum Gasteiger partial charge on any atom is 0.240 e. The number of halogens is 1. The van der Waals surface area contributed by atoms with Gasteiger partial charge in [-0.3, -0.25) is 14.5 Å². The van der Waals surface area contributed by atoms with E-state index < -0.39 is 0 Å². The summed E-state index contributed by atoms with van der Waals surface area (Å²) >= 11 is 1.29. The summed E-state index contributed by atoms with van der Waals surface area (Å²) in [5.74, 6) is -0.761. The van der Waals surface area contributed by atoms with Gasteiger partial charge in [0.05, 0.1) is 18.8 Å². The number of anilines is 2. The number of hydrogen-bond donors (Lipinski definition) is 2. The molecule has 0 aliphatic rings. The van der Waals surface area contributed by atoms with Crippen LogP contribution in [0.5, 0.6) is 0 Å². The topological polar surface area (TPSA) is 74.3 Å². The highest BCUT2D eigenvalue weighted by Crippen LogP contribution is 2.25. The highest BCUT2D eigenvalue weighted by molar-refractivity contribution is 7.14. The van der Waals surface area contributed by atoms with Gasteiger partial charge < -0.3 is 10.6 Å². The number of aromatic nitrogens is 1. The third-order valence-corrected chi connectivity index (χ3v) is 5.42. The number of likely N-dealkylation sites (N-methyl/N-ethyl adjacent to an activating group) is 1. The highest BCUT2D eigenvalue weighted by atomic mass is 32.1. The second kappa shape index (κ2) is 9.80. The Morgan fingerprint density at radius 2 is 1.58 bits per heavy atom. The Morgan fingerprint density at radius 3 is 2.19 bits per heavy atom. The van der Waals surface area contributed by atoms with Gasteiger partial charge in [0.1, 0.15) is 5.82 Å². The van der Waals surface area contributed by atoms with E-state index in [9.17, 15) is 14.0 Å². The van der Waals surface area contributed by atoms with Crippen LogP contribution in [-0.4, -0.2) is 41.8 Å². The molecule has 0 atom stereocenters. The first kappa shape index (κ1) is 22.6. The van der Waals surface area contributed by atoms with E-state index in [1.807, 2.05) is 32.9 Å². The van der Waals surface area contributed by atoms with Crippen molar-refractivity contribution in [2.45, 2.75) is 20.8 Å². The molecule has 0 spiro atoms. The van der Waals surface area contributed by atoms with Crippen LogP contribution in [-0.2, 0) is 9.59 Å². The first-order valence-electron chi connectivity index (χ1n) is 9.79. The van der Waals surface area contributed by atoms with Crippen molar-refractivity contribution in [3.8, 4) is 11.3 Å². The fraction of sp³-hybridized carbons (Fsp3) is 0.261. The van der Waals surface area contributed by atoms with Crippen LogP contribution in [0, 0.1) is 26.6 Å². The van der Waals surface area contributed by atoms with E-state index in [-0.39, 0.29) is 30.7 Å². The van der Waals surface area contributed by atoms with Crippen LogP contribution in [0.2, 0.25) is 0 Å². The summed E-state index contributed by atoms with van der Waals surface area (Å²) in [4.78, 5) is 30.8. The molecule has 6 nitrogen and oxygen atoms in total. The lowest BCUT2D eigenvalue weighted by atomic mass is 10.1. The molecule has 162 valence electrons. The van der Waals surface area contributed by atoms with Crippen LogP contribution in [0.3, 0.4) is 0 Å². The van der Waals surface area contributed by atoms with Crippen LogP contribution in [0.4, 0.5) is 15.2 Å². The van der Waals surface area contributed by atoms with Gasteiger partial charge in [-0.1, -0.05) is 17.7 Å². The number of rotatable bonds is 7. The maximum absolute atomic E-state index is 13.1. The van der Waals surface area contributed by atoms with Gasteiger partial charge in [0.25, 0.3) is 0 Å². The van der Waals surface area contributed by atoms with Crippen molar-refractivity contribution in [1.29, 1.82) is 0 Å². The molecule has 0 saturated heterocycles. The number of hydrogen-bond acceptors (Lipinski definition) is 5. The minimum absolute atomic E-state index is 0.0464. The molecule has 3 aromatic rings. The number of carbonyl (C=O) groups excluding carboxylic acids is 2. The Morgan fingerprint density at radius 1 is 1.00 bits per heavy atom. The molecule has 3 rings (SSSR count). The molecule has 1 heterocycles. The third-order valence-electron chi connectivity index (χ3n) is 4.66. The van der Waals surface area contributed by atoms with E-state index in [4.69, 9.17) is 0 Å². The summed E-state index contributed by atoms with van der Waals surface area (Å²) in [7, 11) is 1.71. The van der Waals surface area contributed by atoms with Crippen LogP contribution in [0.15, 0.2) is 41.8 Å². The Kier molecular flexibility index (Phi) is 7.14. The van der Waals surface area contributed by atoms with Crippen molar-refractivity contribution in [2.24, 2.45) is 0 Å². The summed E-state index contributed by atoms with van der Waals surface area (Å²) in [6, 6.07) is 10.1. The molecule has 0 radical (unpaired) electrons. The molecular weight excluding hydrogens is 415 g/mol. The maximum atomic E-state index is 13.1. The van der Waals surface area contributed by atoms with Crippen LogP contribution >= 0.6 is 11.3 Å². The average molecular weight is 441 g/mol. The van der Waals surface area contributed by atoms with E-state index in [2.05, 4.69) is 15.6 Å². The second-order valence-electron chi connectivity index (χ2n) is 7.59. The zero-order chi connectivity index (χ0) is 22.5. The van der Waals surface area contributed by atoms with Crippen LogP contribution < -0.4 is 10.6 Å². The quantitative estimate of drug-likeness (QED) is 0.572. The molecule has 31 heavy (non-hydrogen) atoms. The molecule has 0 fully saturated rings. The molecule has 2 aromatic carbocycles. The van der Waals surface area contributed by atoms with Gasteiger partial charge in [0.15, 0.2) is 5.13 Å². The van der Waals surface area contributed by atoms with Crippen molar-refractivity contribution >= 4 is 34.0 Å². The van der Waals surface area contributed by atoms with E-state index in [1.54, 1.807) is 29.5 Å². The van der Waals surface area contributed by atoms with Crippen LogP contribution in [0.1, 0.15) is 16.7 Å². The first-order valence-corrected chi connectivity index (χ1v) is 10.7. The summed E-state index contributed by atoms with van der Waals surface area (Å²) in [6.07, 6.45) is 0. The summed E-state index contributed by atoms with van der Waals surface area (Å²) in [5, 5.41) is 7.93. The van der Waals surface area contributed by atoms with Crippen molar-refractivity contribution in [3.63, 3.8) is 0 Å². The Balaban J connectivity index is 1.52. The Hall–Kier alpha value is -3.10. The van der Waals surface area contributed by atoms with Crippen molar-refractivity contribution < 1.29 is 14.0 Å². The summed E-state index contributed by atoms with van der Waals surface area (Å²) < 4.78 is 13.1. The van der Waals surface area contributed by atoms with E-state index in [1.165, 1.54) is 23.5 Å². The predicted molar refractivity (Wildman–Crippen MR) is 123 cm³/mol. The molecule has 0 aliphatic carbocycles. The van der Waals surface area contributed by atoms with Gasteiger partial charge in [0, 0.05) is 16.6 Å². The van der Waals surface area contributed by atoms with Gasteiger partial charge in [0.2, 0.25) is 11.8 Å². The molecule has 2 N–H and O–H groups in total. The lowest BCUT2D eigenvalue weighted by Crippen LogP contribution is -2.36. The van der Waals surface area contributed by atoms with Crippen molar-refractivity contribution in [3.05, 3.63) is 64.3 Å². The molecule has 0 bridgehead atoms. The molecule has 2 amide bonds. The standard InChI is InChI=1S/C23H25FN4O2S/c1-14-9-15(2)22(16(3)10-14)26-20(29)11-28(4)12-21(30)27-23-25-19(13-31-23)17-5-7-18(24)8-6-17/h5-10,13H,11-12H2,1-4H3,(H,26,29)(H,25,27,30). The number of thiazole rings is 1. The number of benzene rings is 2. The SMILES string of the molecule is Cc1cc(C)c(NC(=O)CN(C)CC(=O)Nc2nc(-c3ccc(F)cc3)cs2)c(C)c1. The highest BCUT2D eigenvalue weighted by Gasteiger charge is 2.14. The Labute approximate surface area is 185 Å². The number of amides is 2. The molecule has 0 aliphatic heterocycles. The van der Waals surface area contributed by atoms with Gasteiger partial charge in [-0.15, -0.1) is 11.3 Å². The molecule has 1 aromatic heterocycles. The Bertz CT molecular complexity index is 1070. The van der Waals surface area contributed by atoms with Gasteiger partial charge in [-0.25, -0.2) is 9.37 Å². The summed E-state index contributed by atoms with van der Waals surface area (Å²) in [5.41, 5.74) is 5.40. The molecule has 0 unspecified atom stereocenters. The smallest absolute Gasteiger partial charge is 0.240 e. The van der Waals surface area contributed by atoms with E-state index in [0.717, 1.165) is 27.9 Å². The number of nitrogens with zero attached hydrogens (tertiary/aromatic N) is 2. The fourth-order valence-electron chi connectivity index (χ4n) is 3.35. The largest absolute Gasteiger partial charge is 0.324 e. The lowest BCUT2D eigenvalue weighted by molar-refractivity contribution is -0.119. The molecule has 8 heteroatoms. The number of carbonyl (C=O) groups is 2. The lowest BCUT2D eigenvalue weighted by Gasteiger charge is -2.17. The zero-order valence-electron chi connectivity index (χ0n) is 18.0. The van der Waals surface area contributed by atoms with Gasteiger partial charge in [-0.05, 0) is 63.2 Å². The minimum Gasteiger partial charge on any atom is -0.324 e. The minimum atomic E-state index is -0.313. The number of nitrogens with one attached hydrogen (secondary N) is 2. The fourth-order valence-corrected chi connectivity index (χ4v) is 4.08. The third kappa shape index (κ3) is 6.19. The van der Waals surface area contributed by atoms with Gasteiger partial charge >= 0.3 is 0 Å². The summed E-state index contributed by atoms with van der Waals surface area (Å²) in [6.45, 7) is 6.06. The average Bonchev–Trinajstić information content (AvgIpc) is 3.13. The van der Waals surface area contributed by atoms with E-state index >= 15 is 0 Å². The zero-order valence-corrected chi connectivity index (χ0v) is 18.8. The van der Waals surface area contributed by atoms with E-state index in [0.29, 0.717) is 10.8 Å². The molecular formula is C23H25FN4O2S. The second-order valence-corrected chi connectivity index (χ2v) is 8.45. The monoisotopic (exact) mass is 440 g/mol. The number of aryl methyl sites for hydroxylation is 3. The van der Waals surface area contributed by atoms with Crippen molar-refractivity contribution in [1.82, 2.24) is 9.88 Å². The van der Waals surface area contributed by atoms with Crippen LogP contribution in [0.25, 0.3) is 11.3 Å². The normalized spacial score (nSPS) is 10.9. The molecule has 0 saturated carbocycles. The van der Waals surface area contributed by atoms with Gasteiger partial charge in [-0.2, -0.15) is 0 Å².